The van der Waals surface area contributed by atoms with Crippen molar-refractivity contribution in [3.8, 4) is 11.5 Å². The van der Waals surface area contributed by atoms with Crippen molar-refractivity contribution in [2.45, 2.75) is 18.9 Å². The molecule has 0 aliphatic carbocycles. The summed E-state index contributed by atoms with van der Waals surface area (Å²) in [6, 6.07) is 6.79. The minimum atomic E-state index is -0.280. The highest BCUT2D eigenvalue weighted by Gasteiger charge is 2.23. The van der Waals surface area contributed by atoms with Crippen molar-refractivity contribution in [1.82, 2.24) is 15.3 Å². The second kappa shape index (κ2) is 8.37. The van der Waals surface area contributed by atoms with Crippen LogP contribution in [0.5, 0.6) is 11.5 Å². The number of anilines is 2. The second-order valence-electron chi connectivity index (χ2n) is 6.00. The first-order valence-corrected chi connectivity index (χ1v) is 8.51. The topological polar surface area (TPSA) is 88.6 Å². The normalized spacial score (nSPS) is 16.7. The first-order valence-electron chi connectivity index (χ1n) is 8.51. The molecule has 0 saturated carbocycles. The number of nitrogens with one attached hydrogen (secondary N) is 2. The molecular formula is C18H23N5O3. The Hall–Kier alpha value is -3.03. The van der Waals surface area contributed by atoms with E-state index in [0.29, 0.717) is 29.7 Å². The van der Waals surface area contributed by atoms with E-state index in [4.69, 9.17) is 9.47 Å². The summed E-state index contributed by atoms with van der Waals surface area (Å²) in [7, 11) is 3.14. The lowest BCUT2D eigenvalue weighted by Crippen LogP contribution is -2.49. The number of benzene rings is 1. The number of methoxy groups -OCH3 is 2. The number of aromatic nitrogens is 2. The van der Waals surface area contributed by atoms with E-state index in [2.05, 4.69) is 25.5 Å². The molecule has 138 valence electrons. The molecule has 2 heterocycles. The molecule has 2 amide bonds. The average molecular weight is 357 g/mol. The van der Waals surface area contributed by atoms with Crippen LogP contribution in [0.15, 0.2) is 36.7 Å². The maximum atomic E-state index is 12.4. The minimum absolute atomic E-state index is 0.0177. The van der Waals surface area contributed by atoms with E-state index in [1.807, 2.05) is 0 Å². The summed E-state index contributed by atoms with van der Waals surface area (Å²) < 4.78 is 10.5. The monoisotopic (exact) mass is 357 g/mol. The summed E-state index contributed by atoms with van der Waals surface area (Å²) in [6.07, 6.45) is 5.32. The van der Waals surface area contributed by atoms with E-state index < -0.39 is 0 Å². The Labute approximate surface area is 152 Å². The van der Waals surface area contributed by atoms with E-state index >= 15 is 0 Å². The third-order valence-electron chi connectivity index (χ3n) is 4.25. The highest BCUT2D eigenvalue weighted by molar-refractivity contribution is 5.91. The van der Waals surface area contributed by atoms with Crippen molar-refractivity contribution >= 4 is 17.7 Å². The molecule has 1 atom stereocenters. The van der Waals surface area contributed by atoms with Crippen molar-refractivity contribution in [2.75, 3.05) is 37.5 Å². The predicted molar refractivity (Wildman–Crippen MR) is 99.0 cm³/mol. The average Bonchev–Trinajstić information content (AvgIpc) is 2.68. The zero-order valence-electron chi connectivity index (χ0n) is 14.9. The molecule has 2 aromatic rings. The molecule has 1 aromatic heterocycles. The molecule has 0 unspecified atom stereocenters. The van der Waals surface area contributed by atoms with Crippen molar-refractivity contribution in [1.29, 1.82) is 0 Å². The van der Waals surface area contributed by atoms with Crippen LogP contribution in [-0.2, 0) is 0 Å². The molecule has 1 aliphatic heterocycles. The van der Waals surface area contributed by atoms with Crippen LogP contribution in [0.3, 0.4) is 0 Å². The summed E-state index contributed by atoms with van der Waals surface area (Å²) >= 11 is 0. The van der Waals surface area contributed by atoms with Crippen LogP contribution >= 0.6 is 0 Å². The van der Waals surface area contributed by atoms with Crippen LogP contribution in [0.2, 0.25) is 0 Å². The van der Waals surface area contributed by atoms with Gasteiger partial charge in [-0.25, -0.2) is 14.8 Å². The maximum Gasteiger partial charge on any atom is 0.319 e. The molecule has 0 spiro atoms. The highest BCUT2D eigenvalue weighted by atomic mass is 16.5. The molecule has 3 rings (SSSR count). The SMILES string of the molecule is COc1ccc(OC)c(NC(=O)N[C@H]2CCCN(c3ncccn3)C2)c1. The van der Waals surface area contributed by atoms with Gasteiger partial charge < -0.3 is 25.0 Å². The van der Waals surface area contributed by atoms with Crippen LogP contribution in [0.4, 0.5) is 16.4 Å². The van der Waals surface area contributed by atoms with Crippen LogP contribution in [0, 0.1) is 0 Å². The number of rotatable bonds is 5. The third-order valence-corrected chi connectivity index (χ3v) is 4.25. The quantitative estimate of drug-likeness (QED) is 0.853. The molecule has 1 aliphatic rings. The molecule has 8 nitrogen and oxygen atoms in total. The second-order valence-corrected chi connectivity index (χ2v) is 6.00. The van der Waals surface area contributed by atoms with Gasteiger partial charge in [0.15, 0.2) is 0 Å². The van der Waals surface area contributed by atoms with Gasteiger partial charge in [-0.3, -0.25) is 0 Å². The van der Waals surface area contributed by atoms with E-state index in [0.717, 1.165) is 19.4 Å². The zero-order chi connectivity index (χ0) is 18.4. The van der Waals surface area contributed by atoms with Crippen molar-refractivity contribution in [3.63, 3.8) is 0 Å². The van der Waals surface area contributed by atoms with Gasteiger partial charge in [0.25, 0.3) is 0 Å². The van der Waals surface area contributed by atoms with Gasteiger partial charge in [-0.15, -0.1) is 0 Å². The largest absolute Gasteiger partial charge is 0.497 e. The van der Waals surface area contributed by atoms with Crippen LogP contribution < -0.4 is 25.0 Å². The molecule has 26 heavy (non-hydrogen) atoms. The zero-order valence-corrected chi connectivity index (χ0v) is 14.9. The van der Waals surface area contributed by atoms with Crippen LogP contribution in [-0.4, -0.2) is 49.4 Å². The summed E-state index contributed by atoms with van der Waals surface area (Å²) in [5, 5.41) is 5.85. The Bertz CT molecular complexity index is 741. The Morgan fingerprint density at radius 3 is 2.77 bits per heavy atom. The lowest BCUT2D eigenvalue weighted by atomic mass is 10.1. The molecule has 2 N–H and O–H groups in total. The predicted octanol–water partition coefficient (Wildman–Crippen LogP) is 2.28. The van der Waals surface area contributed by atoms with Crippen LogP contribution in [0.1, 0.15) is 12.8 Å². The molecule has 0 radical (unpaired) electrons. The van der Waals surface area contributed by atoms with Gasteiger partial charge in [-0.1, -0.05) is 0 Å². The number of ether oxygens (including phenoxy) is 2. The van der Waals surface area contributed by atoms with Crippen molar-refractivity contribution in [2.24, 2.45) is 0 Å². The fraction of sp³-hybridized carbons (Fsp3) is 0.389. The van der Waals surface area contributed by atoms with E-state index in [9.17, 15) is 4.79 Å². The van der Waals surface area contributed by atoms with Gasteiger partial charge in [-0.05, 0) is 31.0 Å². The minimum Gasteiger partial charge on any atom is -0.497 e. The lowest BCUT2D eigenvalue weighted by Gasteiger charge is -2.33. The Morgan fingerprint density at radius 1 is 1.23 bits per heavy atom. The van der Waals surface area contributed by atoms with Crippen molar-refractivity contribution < 1.29 is 14.3 Å². The molecule has 1 fully saturated rings. The smallest absolute Gasteiger partial charge is 0.319 e. The fourth-order valence-electron chi connectivity index (χ4n) is 2.99. The fourth-order valence-corrected chi connectivity index (χ4v) is 2.99. The summed E-state index contributed by atoms with van der Waals surface area (Å²) in [5.74, 6) is 1.91. The number of nitrogens with zero attached hydrogens (tertiary/aromatic N) is 3. The van der Waals surface area contributed by atoms with Gasteiger partial charge in [0, 0.05) is 37.6 Å². The number of amides is 2. The Balaban J connectivity index is 1.61. The van der Waals surface area contributed by atoms with Gasteiger partial charge in [0.05, 0.1) is 19.9 Å². The first-order chi connectivity index (χ1) is 12.7. The number of carbonyl (C=O) groups is 1. The maximum absolute atomic E-state index is 12.4. The first kappa shape index (κ1) is 17.8. The Morgan fingerprint density at radius 2 is 2.04 bits per heavy atom. The number of hydrogen-bond donors (Lipinski definition) is 2. The number of piperidine rings is 1. The van der Waals surface area contributed by atoms with Gasteiger partial charge >= 0.3 is 6.03 Å². The molecule has 1 aromatic carbocycles. The van der Waals surface area contributed by atoms with Gasteiger partial charge in [0.2, 0.25) is 5.95 Å². The highest BCUT2D eigenvalue weighted by Crippen LogP contribution is 2.28. The van der Waals surface area contributed by atoms with Gasteiger partial charge in [-0.2, -0.15) is 0 Å². The van der Waals surface area contributed by atoms with E-state index in [1.54, 1.807) is 50.9 Å². The lowest BCUT2D eigenvalue weighted by molar-refractivity contribution is 0.246. The molecule has 8 heteroatoms. The molecular weight excluding hydrogens is 334 g/mol. The number of urea groups is 1. The summed E-state index contributed by atoms with van der Waals surface area (Å²) in [6.45, 7) is 1.56. The third kappa shape index (κ3) is 4.33. The van der Waals surface area contributed by atoms with E-state index in [1.165, 1.54) is 0 Å². The molecule has 1 saturated heterocycles. The number of hydrogen-bond acceptors (Lipinski definition) is 6. The van der Waals surface area contributed by atoms with E-state index in [-0.39, 0.29) is 12.1 Å². The van der Waals surface area contributed by atoms with Gasteiger partial charge in [0.1, 0.15) is 11.5 Å². The van der Waals surface area contributed by atoms with Crippen molar-refractivity contribution in [3.05, 3.63) is 36.7 Å². The summed E-state index contributed by atoms with van der Waals surface area (Å²) in [5.41, 5.74) is 0.559. The molecule has 0 bridgehead atoms. The standard InChI is InChI=1S/C18H23N5O3/c1-25-14-6-7-16(26-2)15(11-14)22-18(24)21-13-5-3-10-23(12-13)17-19-8-4-9-20-17/h4,6-9,11,13H,3,5,10,12H2,1-2H3,(H2,21,22,24)/t13-/m0/s1. The summed E-state index contributed by atoms with van der Waals surface area (Å²) in [4.78, 5) is 23.1. The number of carbonyl (C=O) groups excluding carboxylic acids is 1. The Kier molecular flexibility index (Phi) is 5.73. The van der Waals surface area contributed by atoms with Crippen LogP contribution in [0.25, 0.3) is 0 Å².